The zero-order chi connectivity index (χ0) is 10.6. The van der Waals surface area contributed by atoms with Gasteiger partial charge in [-0.1, -0.05) is 0 Å². The van der Waals surface area contributed by atoms with Gasteiger partial charge in [0.15, 0.2) is 5.82 Å². The molecule has 74 valence electrons. The first-order chi connectivity index (χ1) is 6.63. The highest BCUT2D eigenvalue weighted by Crippen LogP contribution is 2.09. The zero-order valence-corrected chi connectivity index (χ0v) is 8.31. The fraction of sp³-hybridized carbons (Fsp3) is 0.444. The highest BCUT2D eigenvalue weighted by Gasteiger charge is 2.07. The van der Waals surface area contributed by atoms with E-state index in [0.717, 1.165) is 5.82 Å². The van der Waals surface area contributed by atoms with Crippen LogP contribution in [0, 0.1) is 17.2 Å². The Kier molecular flexibility index (Phi) is 3.24. The number of nitriles is 1. The lowest BCUT2D eigenvalue weighted by molar-refractivity contribution is 0.706. The van der Waals surface area contributed by atoms with E-state index in [0.29, 0.717) is 12.4 Å². The van der Waals surface area contributed by atoms with Crippen LogP contribution >= 0.6 is 0 Å². The lowest BCUT2D eigenvalue weighted by Gasteiger charge is -2.18. The molecule has 14 heavy (non-hydrogen) atoms. The molecule has 0 aliphatic heterocycles. The Balaban J connectivity index is 2.66. The van der Waals surface area contributed by atoms with E-state index >= 15 is 0 Å². The van der Waals surface area contributed by atoms with Gasteiger partial charge in [0.2, 0.25) is 0 Å². The lowest BCUT2D eigenvalue weighted by atomic mass is 10.2. The lowest BCUT2D eigenvalue weighted by Crippen LogP contribution is -2.24. The SMILES string of the molecule is CC(C#N)CN(C)c1ccc(N)nn1. The second-order valence-electron chi connectivity index (χ2n) is 3.23. The summed E-state index contributed by atoms with van der Waals surface area (Å²) in [7, 11) is 1.87. The van der Waals surface area contributed by atoms with Crippen molar-refractivity contribution in [1.82, 2.24) is 10.2 Å². The normalized spacial score (nSPS) is 11.8. The van der Waals surface area contributed by atoms with Gasteiger partial charge in [-0.3, -0.25) is 0 Å². The molecule has 0 saturated heterocycles. The summed E-state index contributed by atoms with van der Waals surface area (Å²) in [5.41, 5.74) is 5.41. The first-order valence-corrected chi connectivity index (χ1v) is 4.33. The van der Waals surface area contributed by atoms with Crippen molar-refractivity contribution in [3.8, 4) is 6.07 Å². The second kappa shape index (κ2) is 4.42. The molecular weight excluding hydrogens is 178 g/mol. The molecule has 0 amide bonds. The summed E-state index contributed by atoms with van der Waals surface area (Å²) in [5.74, 6) is 1.09. The molecule has 0 bridgehead atoms. The second-order valence-corrected chi connectivity index (χ2v) is 3.23. The van der Waals surface area contributed by atoms with E-state index in [9.17, 15) is 0 Å². The molecule has 0 spiro atoms. The largest absolute Gasteiger partial charge is 0.382 e. The Morgan fingerprint density at radius 3 is 2.79 bits per heavy atom. The van der Waals surface area contributed by atoms with Gasteiger partial charge in [0, 0.05) is 13.6 Å². The standard InChI is InChI=1S/C9H13N5/c1-7(5-10)6-14(2)9-4-3-8(11)12-13-9/h3-4,7H,6H2,1-2H3,(H2,11,12). The Morgan fingerprint density at radius 1 is 1.57 bits per heavy atom. The number of nitrogens with two attached hydrogens (primary N) is 1. The summed E-state index contributed by atoms with van der Waals surface area (Å²) in [6.45, 7) is 2.50. The monoisotopic (exact) mass is 191 g/mol. The van der Waals surface area contributed by atoms with E-state index in [4.69, 9.17) is 11.0 Å². The minimum atomic E-state index is -0.0284. The van der Waals surface area contributed by atoms with Crippen molar-refractivity contribution in [3.05, 3.63) is 12.1 Å². The van der Waals surface area contributed by atoms with E-state index < -0.39 is 0 Å². The van der Waals surface area contributed by atoms with Crippen molar-refractivity contribution in [2.75, 3.05) is 24.2 Å². The molecule has 0 aliphatic carbocycles. The Morgan fingerprint density at radius 2 is 2.29 bits per heavy atom. The van der Waals surface area contributed by atoms with Crippen LogP contribution in [0.3, 0.4) is 0 Å². The van der Waals surface area contributed by atoms with Crippen LogP contribution in [-0.2, 0) is 0 Å². The van der Waals surface area contributed by atoms with Crippen LogP contribution in [0.4, 0.5) is 11.6 Å². The van der Waals surface area contributed by atoms with Gasteiger partial charge in [-0.15, -0.1) is 10.2 Å². The number of anilines is 2. The van der Waals surface area contributed by atoms with Crippen LogP contribution in [-0.4, -0.2) is 23.8 Å². The molecule has 5 nitrogen and oxygen atoms in total. The molecule has 0 aliphatic rings. The third-order valence-electron chi connectivity index (χ3n) is 1.83. The van der Waals surface area contributed by atoms with Gasteiger partial charge in [0.25, 0.3) is 0 Å². The summed E-state index contributed by atoms with van der Waals surface area (Å²) in [6, 6.07) is 5.64. The summed E-state index contributed by atoms with van der Waals surface area (Å²) < 4.78 is 0. The van der Waals surface area contributed by atoms with Crippen LogP contribution < -0.4 is 10.6 Å². The number of rotatable bonds is 3. The number of nitrogens with zero attached hydrogens (tertiary/aromatic N) is 4. The minimum absolute atomic E-state index is 0.0284. The van der Waals surface area contributed by atoms with E-state index in [1.165, 1.54) is 0 Å². The van der Waals surface area contributed by atoms with Crippen molar-refractivity contribution in [3.63, 3.8) is 0 Å². The minimum Gasteiger partial charge on any atom is -0.382 e. The molecule has 1 unspecified atom stereocenters. The van der Waals surface area contributed by atoms with Gasteiger partial charge in [0.05, 0.1) is 12.0 Å². The summed E-state index contributed by atoms with van der Waals surface area (Å²) in [6.07, 6.45) is 0. The van der Waals surface area contributed by atoms with E-state index in [2.05, 4.69) is 16.3 Å². The Labute approximate surface area is 83.2 Å². The molecule has 0 aromatic carbocycles. The first kappa shape index (κ1) is 10.3. The smallest absolute Gasteiger partial charge is 0.151 e. The predicted molar refractivity (Wildman–Crippen MR) is 54.5 cm³/mol. The molecule has 0 radical (unpaired) electrons. The molecule has 2 N–H and O–H groups in total. The van der Waals surface area contributed by atoms with Gasteiger partial charge in [-0.05, 0) is 19.1 Å². The molecule has 1 aromatic rings. The van der Waals surface area contributed by atoms with E-state index in [1.54, 1.807) is 12.1 Å². The quantitative estimate of drug-likeness (QED) is 0.759. The van der Waals surface area contributed by atoms with Crippen LogP contribution in [0.5, 0.6) is 0 Å². The average Bonchev–Trinajstić information content (AvgIpc) is 2.18. The summed E-state index contributed by atoms with van der Waals surface area (Å²) in [5, 5.41) is 16.3. The molecular formula is C9H13N5. The fourth-order valence-corrected chi connectivity index (χ4v) is 1.08. The molecule has 1 heterocycles. The number of hydrogen-bond acceptors (Lipinski definition) is 5. The third kappa shape index (κ3) is 2.59. The topological polar surface area (TPSA) is 78.8 Å². The zero-order valence-electron chi connectivity index (χ0n) is 8.31. The first-order valence-electron chi connectivity index (χ1n) is 4.33. The number of hydrogen-bond donors (Lipinski definition) is 1. The predicted octanol–water partition coefficient (Wildman–Crippen LogP) is 0.655. The van der Waals surface area contributed by atoms with E-state index in [1.807, 2.05) is 18.9 Å². The average molecular weight is 191 g/mol. The van der Waals surface area contributed by atoms with Gasteiger partial charge in [-0.25, -0.2) is 0 Å². The molecule has 0 saturated carbocycles. The van der Waals surface area contributed by atoms with Crippen molar-refractivity contribution in [1.29, 1.82) is 5.26 Å². The van der Waals surface area contributed by atoms with Crippen molar-refractivity contribution >= 4 is 11.6 Å². The number of aromatic nitrogens is 2. The molecule has 1 atom stereocenters. The maximum absolute atomic E-state index is 8.64. The van der Waals surface area contributed by atoms with Crippen LogP contribution in [0.15, 0.2) is 12.1 Å². The Hall–Kier alpha value is -1.83. The van der Waals surface area contributed by atoms with Crippen LogP contribution in [0.2, 0.25) is 0 Å². The maximum atomic E-state index is 8.64. The molecule has 5 heteroatoms. The van der Waals surface area contributed by atoms with Crippen LogP contribution in [0.1, 0.15) is 6.92 Å². The van der Waals surface area contributed by atoms with E-state index in [-0.39, 0.29) is 5.92 Å². The van der Waals surface area contributed by atoms with Gasteiger partial charge in [0.1, 0.15) is 5.82 Å². The molecule has 0 fully saturated rings. The van der Waals surface area contributed by atoms with Gasteiger partial charge < -0.3 is 10.6 Å². The van der Waals surface area contributed by atoms with Gasteiger partial charge in [-0.2, -0.15) is 5.26 Å². The summed E-state index contributed by atoms with van der Waals surface area (Å²) in [4.78, 5) is 1.88. The van der Waals surface area contributed by atoms with Crippen molar-refractivity contribution < 1.29 is 0 Å². The Bertz CT molecular complexity index is 326. The molecule has 1 rings (SSSR count). The highest BCUT2D eigenvalue weighted by molar-refractivity contribution is 5.40. The van der Waals surface area contributed by atoms with Crippen molar-refractivity contribution in [2.45, 2.75) is 6.92 Å². The number of nitrogen functional groups attached to an aromatic ring is 1. The highest BCUT2D eigenvalue weighted by atomic mass is 15.3. The third-order valence-corrected chi connectivity index (χ3v) is 1.83. The maximum Gasteiger partial charge on any atom is 0.151 e. The van der Waals surface area contributed by atoms with Crippen LogP contribution in [0.25, 0.3) is 0 Å². The summed E-state index contributed by atoms with van der Waals surface area (Å²) >= 11 is 0. The molecule has 1 aromatic heterocycles. The van der Waals surface area contributed by atoms with Gasteiger partial charge >= 0.3 is 0 Å². The van der Waals surface area contributed by atoms with Crippen molar-refractivity contribution in [2.24, 2.45) is 5.92 Å². The fourth-order valence-electron chi connectivity index (χ4n) is 1.08.